The van der Waals surface area contributed by atoms with Gasteiger partial charge in [-0.15, -0.1) is 0 Å². The molecule has 1 fully saturated rings. The van der Waals surface area contributed by atoms with Crippen molar-refractivity contribution in [1.29, 1.82) is 0 Å². The molecule has 0 spiro atoms. The van der Waals surface area contributed by atoms with E-state index in [0.717, 1.165) is 37.5 Å². The molecule has 2 aromatic rings. The van der Waals surface area contributed by atoms with Crippen LogP contribution in [0.1, 0.15) is 25.5 Å². The van der Waals surface area contributed by atoms with Gasteiger partial charge < -0.3 is 19.7 Å². The average Bonchev–Trinajstić information content (AvgIpc) is 2.67. The molecule has 0 atom stereocenters. The summed E-state index contributed by atoms with van der Waals surface area (Å²) in [5.41, 5.74) is 1.38. The van der Waals surface area contributed by atoms with Crippen molar-refractivity contribution >= 4 is 29.1 Å². The molecular formula is C20H25ClN4O3. The van der Waals surface area contributed by atoms with Gasteiger partial charge >= 0.3 is 0 Å². The molecule has 7 nitrogen and oxygen atoms in total. The first kappa shape index (κ1) is 20.2. The molecule has 1 aliphatic heterocycles. The minimum atomic E-state index is -0.300. The lowest BCUT2D eigenvalue weighted by Gasteiger charge is -2.30. The summed E-state index contributed by atoms with van der Waals surface area (Å²) in [4.78, 5) is 23.3. The Hall–Kier alpha value is -2.54. The molecule has 0 bridgehead atoms. The first-order valence-electron chi connectivity index (χ1n) is 9.31. The summed E-state index contributed by atoms with van der Waals surface area (Å²) in [7, 11) is 1.54. The van der Waals surface area contributed by atoms with E-state index in [1.807, 2.05) is 6.92 Å². The zero-order valence-electron chi connectivity index (χ0n) is 16.4. The second-order valence-electron chi connectivity index (χ2n) is 7.00. The van der Waals surface area contributed by atoms with Gasteiger partial charge in [-0.25, -0.2) is 4.98 Å². The lowest BCUT2D eigenvalue weighted by Crippen LogP contribution is -2.34. The normalized spacial score (nSPS) is 14.6. The number of aromatic nitrogens is 2. The number of methoxy groups -OCH3 is 1. The molecule has 1 N–H and O–H groups in total. The van der Waals surface area contributed by atoms with Gasteiger partial charge in [0.2, 0.25) is 11.8 Å². The van der Waals surface area contributed by atoms with Crippen molar-refractivity contribution in [3.63, 3.8) is 0 Å². The second kappa shape index (κ2) is 9.10. The summed E-state index contributed by atoms with van der Waals surface area (Å²) in [6.07, 6.45) is 2.25. The van der Waals surface area contributed by atoms with E-state index in [2.05, 4.69) is 27.1 Å². The summed E-state index contributed by atoms with van der Waals surface area (Å²) >= 11 is 6.07. The predicted octanol–water partition coefficient (Wildman–Crippen LogP) is 3.70. The molecule has 3 rings (SSSR count). The van der Waals surface area contributed by atoms with Gasteiger partial charge in [-0.2, -0.15) is 4.98 Å². The number of ether oxygens (including phenoxy) is 2. The standard InChI is InChI=1S/C20H25ClN4O3/c1-13-6-8-25(9-7-13)20-22-14(2)10-19(24-20)28-12-18(26)23-15-4-5-17(27-3)16(21)11-15/h4-5,10-11,13H,6-9,12H2,1-3H3,(H,23,26). The van der Waals surface area contributed by atoms with Crippen LogP contribution in [0.4, 0.5) is 11.6 Å². The molecule has 1 amide bonds. The fourth-order valence-electron chi connectivity index (χ4n) is 3.03. The third-order valence-electron chi connectivity index (χ3n) is 4.67. The fourth-order valence-corrected chi connectivity index (χ4v) is 3.29. The monoisotopic (exact) mass is 404 g/mol. The van der Waals surface area contributed by atoms with Crippen LogP contribution in [0.5, 0.6) is 11.6 Å². The molecule has 0 radical (unpaired) electrons. The highest BCUT2D eigenvalue weighted by molar-refractivity contribution is 6.32. The molecular weight excluding hydrogens is 380 g/mol. The molecule has 2 heterocycles. The number of halogens is 1. The minimum absolute atomic E-state index is 0.156. The number of carbonyl (C=O) groups is 1. The van der Waals surface area contributed by atoms with Crippen LogP contribution in [0.25, 0.3) is 0 Å². The van der Waals surface area contributed by atoms with E-state index in [4.69, 9.17) is 21.1 Å². The van der Waals surface area contributed by atoms with Crippen molar-refractivity contribution in [3.05, 3.63) is 35.0 Å². The number of rotatable bonds is 6. The Labute approximate surface area is 170 Å². The molecule has 8 heteroatoms. The molecule has 28 heavy (non-hydrogen) atoms. The van der Waals surface area contributed by atoms with Gasteiger partial charge in [-0.1, -0.05) is 18.5 Å². The van der Waals surface area contributed by atoms with Crippen LogP contribution in [-0.4, -0.2) is 42.7 Å². The summed E-state index contributed by atoms with van der Waals surface area (Å²) in [6.45, 7) is 5.86. The first-order valence-corrected chi connectivity index (χ1v) is 9.69. The van der Waals surface area contributed by atoms with Crippen molar-refractivity contribution in [3.8, 4) is 11.6 Å². The molecule has 0 aliphatic carbocycles. The molecule has 1 aromatic carbocycles. The zero-order chi connectivity index (χ0) is 20.1. The number of piperidine rings is 1. The van der Waals surface area contributed by atoms with Crippen molar-refractivity contribution < 1.29 is 14.3 Å². The quantitative estimate of drug-likeness (QED) is 0.791. The number of hydrogen-bond acceptors (Lipinski definition) is 6. The molecule has 0 saturated carbocycles. The predicted molar refractivity (Wildman–Crippen MR) is 110 cm³/mol. The van der Waals surface area contributed by atoms with E-state index in [1.165, 1.54) is 7.11 Å². The Kier molecular flexibility index (Phi) is 6.57. The number of hydrogen-bond donors (Lipinski definition) is 1. The SMILES string of the molecule is COc1ccc(NC(=O)COc2cc(C)nc(N3CCC(C)CC3)n2)cc1Cl. The Morgan fingerprint density at radius 2 is 2.04 bits per heavy atom. The highest BCUT2D eigenvalue weighted by Crippen LogP contribution is 2.27. The maximum atomic E-state index is 12.2. The molecule has 1 saturated heterocycles. The third kappa shape index (κ3) is 5.25. The number of carbonyl (C=O) groups excluding carboxylic acids is 1. The summed E-state index contributed by atoms with van der Waals surface area (Å²) in [5.74, 6) is 2.03. The van der Waals surface area contributed by atoms with Gasteiger partial charge in [0.15, 0.2) is 6.61 Å². The van der Waals surface area contributed by atoms with Crippen LogP contribution in [0.2, 0.25) is 5.02 Å². The van der Waals surface area contributed by atoms with E-state index >= 15 is 0 Å². The van der Waals surface area contributed by atoms with E-state index < -0.39 is 0 Å². The van der Waals surface area contributed by atoms with Crippen LogP contribution in [-0.2, 0) is 4.79 Å². The smallest absolute Gasteiger partial charge is 0.262 e. The summed E-state index contributed by atoms with van der Waals surface area (Å²) in [5, 5.41) is 3.17. The maximum absolute atomic E-state index is 12.2. The van der Waals surface area contributed by atoms with E-state index in [1.54, 1.807) is 24.3 Å². The topological polar surface area (TPSA) is 76.6 Å². The first-order chi connectivity index (χ1) is 13.4. The Bertz CT molecular complexity index is 838. The minimum Gasteiger partial charge on any atom is -0.495 e. The van der Waals surface area contributed by atoms with E-state index in [9.17, 15) is 4.79 Å². The van der Waals surface area contributed by atoms with Crippen molar-refractivity contribution in [2.24, 2.45) is 5.92 Å². The van der Waals surface area contributed by atoms with Gasteiger partial charge in [0.05, 0.1) is 12.1 Å². The Morgan fingerprint density at radius 3 is 2.71 bits per heavy atom. The van der Waals surface area contributed by atoms with Gasteiger partial charge in [0.1, 0.15) is 5.75 Å². The van der Waals surface area contributed by atoms with E-state index in [0.29, 0.717) is 28.3 Å². The zero-order valence-corrected chi connectivity index (χ0v) is 17.1. The highest BCUT2D eigenvalue weighted by atomic mass is 35.5. The Morgan fingerprint density at radius 1 is 1.29 bits per heavy atom. The number of amides is 1. The van der Waals surface area contributed by atoms with Crippen molar-refractivity contribution in [2.45, 2.75) is 26.7 Å². The molecule has 0 unspecified atom stereocenters. The largest absolute Gasteiger partial charge is 0.495 e. The molecule has 150 valence electrons. The van der Waals surface area contributed by atoms with Gasteiger partial charge in [0.25, 0.3) is 5.91 Å². The molecule has 1 aromatic heterocycles. The number of benzene rings is 1. The van der Waals surface area contributed by atoms with Gasteiger partial charge in [0, 0.05) is 30.5 Å². The van der Waals surface area contributed by atoms with Crippen LogP contribution in [0.3, 0.4) is 0 Å². The fraction of sp³-hybridized carbons (Fsp3) is 0.450. The summed E-state index contributed by atoms with van der Waals surface area (Å²) in [6, 6.07) is 6.77. The van der Waals surface area contributed by atoms with Crippen LogP contribution >= 0.6 is 11.6 Å². The number of nitrogens with one attached hydrogen (secondary N) is 1. The van der Waals surface area contributed by atoms with Gasteiger partial charge in [-0.05, 0) is 43.9 Å². The lowest BCUT2D eigenvalue weighted by molar-refractivity contribution is -0.118. The average molecular weight is 405 g/mol. The van der Waals surface area contributed by atoms with E-state index in [-0.39, 0.29) is 12.5 Å². The van der Waals surface area contributed by atoms with Crippen LogP contribution in [0, 0.1) is 12.8 Å². The van der Waals surface area contributed by atoms with Gasteiger partial charge in [-0.3, -0.25) is 4.79 Å². The summed E-state index contributed by atoms with van der Waals surface area (Å²) < 4.78 is 10.7. The van der Waals surface area contributed by atoms with Crippen LogP contribution < -0.4 is 19.7 Å². The third-order valence-corrected chi connectivity index (χ3v) is 4.97. The van der Waals surface area contributed by atoms with Crippen molar-refractivity contribution in [1.82, 2.24) is 9.97 Å². The number of nitrogens with zero attached hydrogens (tertiary/aromatic N) is 3. The number of anilines is 2. The Balaban J connectivity index is 1.59. The van der Waals surface area contributed by atoms with Crippen LogP contribution in [0.15, 0.2) is 24.3 Å². The highest BCUT2D eigenvalue weighted by Gasteiger charge is 2.19. The van der Waals surface area contributed by atoms with Crippen molar-refractivity contribution in [2.75, 3.05) is 37.0 Å². The lowest BCUT2D eigenvalue weighted by atomic mass is 10.00. The molecule has 1 aliphatic rings. The maximum Gasteiger partial charge on any atom is 0.262 e. The number of aryl methyl sites for hydroxylation is 1. The second-order valence-corrected chi connectivity index (χ2v) is 7.41.